The lowest BCUT2D eigenvalue weighted by molar-refractivity contribution is 0.464. The number of rotatable bonds is 5. The zero-order chi connectivity index (χ0) is 13.0. The van der Waals surface area contributed by atoms with Gasteiger partial charge in [-0.2, -0.15) is 0 Å². The van der Waals surface area contributed by atoms with Gasteiger partial charge in [0.05, 0.1) is 11.9 Å². The highest BCUT2D eigenvalue weighted by Crippen LogP contribution is 2.21. The number of hydrogen-bond acceptors (Lipinski definition) is 4. The first-order valence-electron chi connectivity index (χ1n) is 5.86. The van der Waals surface area contributed by atoms with E-state index in [1.54, 1.807) is 18.5 Å². The van der Waals surface area contributed by atoms with Crippen molar-refractivity contribution in [1.29, 1.82) is 0 Å². The van der Waals surface area contributed by atoms with Gasteiger partial charge in [-0.25, -0.2) is 9.97 Å². The van der Waals surface area contributed by atoms with Gasteiger partial charge in [0, 0.05) is 5.92 Å². The van der Waals surface area contributed by atoms with Crippen LogP contribution in [0.3, 0.4) is 0 Å². The van der Waals surface area contributed by atoms with Crippen LogP contribution in [-0.2, 0) is 0 Å². The van der Waals surface area contributed by atoms with Crippen molar-refractivity contribution in [3.63, 3.8) is 0 Å². The molecule has 2 aromatic rings. The molecule has 0 N–H and O–H groups in total. The summed E-state index contributed by atoms with van der Waals surface area (Å²) in [7, 11) is 0. The third-order valence-electron chi connectivity index (χ3n) is 2.59. The number of allylic oxidation sites excluding steroid dienone is 1. The van der Waals surface area contributed by atoms with Gasteiger partial charge in [0.2, 0.25) is 11.8 Å². The van der Waals surface area contributed by atoms with Crippen LogP contribution in [0.25, 0.3) is 12.2 Å². The largest absolute Gasteiger partial charge is 0.445 e. The Morgan fingerprint density at radius 2 is 2.28 bits per heavy atom. The van der Waals surface area contributed by atoms with Crippen LogP contribution >= 0.6 is 0 Å². The highest BCUT2D eigenvalue weighted by molar-refractivity contribution is 5.38. The summed E-state index contributed by atoms with van der Waals surface area (Å²) in [5, 5.41) is 0. The summed E-state index contributed by atoms with van der Waals surface area (Å²) in [5.74, 6) is 2.31. The van der Waals surface area contributed by atoms with Crippen LogP contribution in [-0.4, -0.2) is 9.97 Å². The van der Waals surface area contributed by atoms with Gasteiger partial charge in [-0.15, -0.1) is 0 Å². The zero-order valence-corrected chi connectivity index (χ0v) is 10.6. The lowest BCUT2D eigenvalue weighted by Gasteiger charge is -2.02. The molecule has 2 heterocycles. The van der Waals surface area contributed by atoms with Gasteiger partial charge in [0.25, 0.3) is 0 Å². The minimum atomic E-state index is 0.263. The Kier molecular flexibility index (Phi) is 3.77. The maximum Gasteiger partial charge on any atom is 0.218 e. The van der Waals surface area contributed by atoms with Crippen LogP contribution in [0.4, 0.5) is 0 Å². The highest BCUT2D eigenvalue weighted by atomic mass is 16.4. The third kappa shape index (κ3) is 2.97. The summed E-state index contributed by atoms with van der Waals surface area (Å²) in [6.45, 7) is 7.60. The lowest BCUT2D eigenvalue weighted by atomic mass is 10.1. The smallest absolute Gasteiger partial charge is 0.218 e. The van der Waals surface area contributed by atoms with E-state index in [1.165, 1.54) is 0 Å². The molecule has 0 spiro atoms. The van der Waals surface area contributed by atoms with Crippen LogP contribution in [0.5, 0.6) is 0 Å². The Balaban J connectivity index is 1.93. The van der Waals surface area contributed by atoms with E-state index in [2.05, 4.69) is 23.5 Å². The maximum atomic E-state index is 5.50. The summed E-state index contributed by atoms with van der Waals surface area (Å²) in [4.78, 5) is 8.28. The Labute approximate surface area is 106 Å². The first-order valence-corrected chi connectivity index (χ1v) is 5.86. The van der Waals surface area contributed by atoms with Crippen LogP contribution in [0.2, 0.25) is 0 Å². The van der Waals surface area contributed by atoms with Gasteiger partial charge in [-0.1, -0.05) is 19.6 Å². The summed E-state index contributed by atoms with van der Waals surface area (Å²) in [5.41, 5.74) is 0.883. The van der Waals surface area contributed by atoms with Crippen molar-refractivity contribution in [2.24, 2.45) is 0 Å². The average molecular weight is 244 g/mol. The first-order chi connectivity index (χ1) is 8.69. The van der Waals surface area contributed by atoms with Gasteiger partial charge in [-0.05, 0) is 25.5 Å². The molecule has 0 aliphatic carbocycles. The molecule has 0 aliphatic heterocycles. The normalized spacial score (nSPS) is 13.0. The molecular weight excluding hydrogens is 228 g/mol. The number of hydrogen-bond donors (Lipinski definition) is 0. The van der Waals surface area contributed by atoms with Gasteiger partial charge in [-0.3, -0.25) is 0 Å². The topological polar surface area (TPSA) is 52.1 Å². The third-order valence-corrected chi connectivity index (χ3v) is 2.59. The molecule has 0 aromatic carbocycles. The predicted molar refractivity (Wildman–Crippen MR) is 69.9 cm³/mol. The number of oxazole rings is 2. The summed E-state index contributed by atoms with van der Waals surface area (Å²) in [6.07, 6.45) is 9.70. The Hall–Kier alpha value is -2.10. The Bertz CT molecular complexity index is 552. The standard InChI is InChI=1S/C14H16N2O2/c1-4-13-15-8-12(18-13)10(2)6-5-7-14-16-11(3)9-17-14/h4-5,7-10H,1,6H2,2-3H3. The van der Waals surface area contributed by atoms with E-state index < -0.39 is 0 Å². The SMILES string of the molecule is C=Cc1ncc(C(C)CC=Cc2nc(C)co2)o1. The quantitative estimate of drug-likeness (QED) is 0.802. The van der Waals surface area contributed by atoms with Crippen molar-refractivity contribution in [1.82, 2.24) is 9.97 Å². The fourth-order valence-corrected chi connectivity index (χ4v) is 1.56. The van der Waals surface area contributed by atoms with Crippen molar-refractivity contribution in [3.05, 3.63) is 48.4 Å². The van der Waals surface area contributed by atoms with Crippen molar-refractivity contribution in [3.8, 4) is 0 Å². The van der Waals surface area contributed by atoms with Crippen LogP contribution in [0.1, 0.15) is 42.5 Å². The van der Waals surface area contributed by atoms with Crippen molar-refractivity contribution < 1.29 is 8.83 Å². The number of aryl methyl sites for hydroxylation is 1. The Morgan fingerprint density at radius 1 is 1.44 bits per heavy atom. The molecular formula is C14H16N2O2. The molecule has 0 fully saturated rings. The zero-order valence-electron chi connectivity index (χ0n) is 10.6. The van der Waals surface area contributed by atoms with E-state index in [1.807, 2.05) is 19.1 Å². The maximum absolute atomic E-state index is 5.50. The summed E-state index contributed by atoms with van der Waals surface area (Å²) < 4.78 is 10.7. The molecule has 2 rings (SSSR count). The van der Waals surface area contributed by atoms with Crippen molar-refractivity contribution in [2.45, 2.75) is 26.2 Å². The van der Waals surface area contributed by atoms with E-state index in [0.29, 0.717) is 11.8 Å². The Morgan fingerprint density at radius 3 is 2.89 bits per heavy atom. The molecule has 0 saturated carbocycles. The van der Waals surface area contributed by atoms with Gasteiger partial charge < -0.3 is 8.83 Å². The van der Waals surface area contributed by atoms with Gasteiger partial charge in [0.15, 0.2) is 0 Å². The average Bonchev–Trinajstić information content (AvgIpc) is 2.98. The molecule has 0 radical (unpaired) electrons. The van der Waals surface area contributed by atoms with Gasteiger partial charge >= 0.3 is 0 Å². The van der Waals surface area contributed by atoms with E-state index in [0.717, 1.165) is 17.9 Å². The predicted octanol–water partition coefficient (Wildman–Crippen LogP) is 3.82. The molecule has 1 atom stereocenters. The second-order valence-electron chi connectivity index (χ2n) is 4.17. The van der Waals surface area contributed by atoms with Crippen molar-refractivity contribution in [2.75, 3.05) is 0 Å². The van der Waals surface area contributed by atoms with E-state index in [-0.39, 0.29) is 5.92 Å². The molecule has 0 bridgehead atoms. The van der Waals surface area contributed by atoms with Gasteiger partial charge in [0.1, 0.15) is 12.0 Å². The molecule has 4 nitrogen and oxygen atoms in total. The number of aromatic nitrogens is 2. The molecule has 94 valence electrons. The van der Waals surface area contributed by atoms with Crippen LogP contribution in [0.15, 0.2) is 33.9 Å². The van der Waals surface area contributed by atoms with E-state index in [9.17, 15) is 0 Å². The first kappa shape index (κ1) is 12.4. The summed E-state index contributed by atoms with van der Waals surface area (Å²) in [6, 6.07) is 0. The molecule has 1 unspecified atom stereocenters. The number of nitrogens with zero attached hydrogens (tertiary/aromatic N) is 2. The molecule has 0 saturated heterocycles. The van der Waals surface area contributed by atoms with Crippen LogP contribution in [0, 0.1) is 6.92 Å². The summed E-state index contributed by atoms with van der Waals surface area (Å²) >= 11 is 0. The molecule has 4 heteroatoms. The minimum Gasteiger partial charge on any atom is -0.445 e. The monoisotopic (exact) mass is 244 g/mol. The molecule has 0 amide bonds. The molecule has 0 aliphatic rings. The molecule has 18 heavy (non-hydrogen) atoms. The van der Waals surface area contributed by atoms with Crippen LogP contribution < -0.4 is 0 Å². The second-order valence-corrected chi connectivity index (χ2v) is 4.17. The van der Waals surface area contributed by atoms with E-state index in [4.69, 9.17) is 8.83 Å². The fraction of sp³-hybridized carbons (Fsp3) is 0.286. The second kappa shape index (κ2) is 5.49. The van der Waals surface area contributed by atoms with Crippen molar-refractivity contribution >= 4 is 12.2 Å². The fourth-order valence-electron chi connectivity index (χ4n) is 1.56. The minimum absolute atomic E-state index is 0.263. The highest BCUT2D eigenvalue weighted by Gasteiger charge is 2.09. The lowest BCUT2D eigenvalue weighted by Crippen LogP contribution is -1.88. The van der Waals surface area contributed by atoms with E-state index >= 15 is 0 Å². The molecule has 2 aromatic heterocycles.